The van der Waals surface area contributed by atoms with Crippen molar-refractivity contribution in [1.82, 2.24) is 29.9 Å². The van der Waals surface area contributed by atoms with Gasteiger partial charge >= 0.3 is 11.9 Å². The minimum Gasteiger partial charge on any atom is -0.481 e. The fourth-order valence-corrected chi connectivity index (χ4v) is 11.0. The van der Waals surface area contributed by atoms with E-state index in [0.29, 0.717) is 80.4 Å². The van der Waals surface area contributed by atoms with Crippen LogP contribution in [0.15, 0.2) is 61.4 Å². The van der Waals surface area contributed by atoms with Crippen LogP contribution in [0.5, 0.6) is 0 Å². The van der Waals surface area contributed by atoms with Crippen LogP contribution in [-0.4, -0.2) is 52.1 Å². The highest BCUT2D eigenvalue weighted by Gasteiger charge is 2.48. The first-order valence-corrected chi connectivity index (χ1v) is 20.0. The molecule has 6 aliphatic carbocycles. The number of nitrogens with one attached hydrogen (secondary N) is 2. The molecule has 0 amide bonds. The number of H-pyrrole nitrogens is 2. The highest BCUT2D eigenvalue weighted by molar-refractivity contribution is 5.93. The summed E-state index contributed by atoms with van der Waals surface area (Å²) in [4.78, 5) is 46.2. The van der Waals surface area contributed by atoms with Gasteiger partial charge < -0.3 is 20.2 Å². The molecule has 0 spiro atoms. The number of carboxylic acid groups (broad SMARTS) is 2. The first-order chi connectivity index (χ1) is 28.0. The normalized spacial score (nSPS) is 26.1. The summed E-state index contributed by atoms with van der Waals surface area (Å²) in [5, 5.41) is 20.7. The van der Waals surface area contributed by atoms with Gasteiger partial charge in [0.25, 0.3) is 0 Å². The van der Waals surface area contributed by atoms with E-state index in [-0.39, 0.29) is 23.7 Å². The third-order valence-corrected chi connectivity index (χ3v) is 13.7. The van der Waals surface area contributed by atoms with Crippen molar-refractivity contribution in [3.05, 3.63) is 95.8 Å². The Morgan fingerprint density at radius 3 is 1.31 bits per heavy atom. The van der Waals surface area contributed by atoms with Crippen LogP contribution in [-0.2, 0) is 22.4 Å². The zero-order valence-electron chi connectivity index (χ0n) is 31.5. The first kappa shape index (κ1) is 37.9. The molecule has 300 valence electrons. The number of nitrogens with zero attached hydrogens (tertiary/aromatic N) is 4. The van der Waals surface area contributed by atoms with Crippen LogP contribution in [0.1, 0.15) is 62.5 Å². The van der Waals surface area contributed by atoms with Gasteiger partial charge in [0, 0.05) is 34.3 Å². The van der Waals surface area contributed by atoms with E-state index in [1.807, 2.05) is 0 Å². The van der Waals surface area contributed by atoms with Crippen LogP contribution in [0.2, 0.25) is 0 Å². The Balaban J connectivity index is 0.000000150. The van der Waals surface area contributed by atoms with Crippen molar-refractivity contribution in [2.45, 2.75) is 64.2 Å². The van der Waals surface area contributed by atoms with Gasteiger partial charge in [-0.3, -0.25) is 19.6 Å². The average Bonchev–Trinajstić information content (AvgIpc) is 3.84. The molecule has 6 aromatic heterocycles. The second kappa shape index (κ2) is 15.3. The summed E-state index contributed by atoms with van der Waals surface area (Å²) < 4.78 is 56.6. The van der Waals surface area contributed by atoms with E-state index in [1.54, 1.807) is 24.5 Å². The Morgan fingerprint density at radius 2 is 0.931 bits per heavy atom. The number of aromatic amines is 2. The summed E-state index contributed by atoms with van der Waals surface area (Å²) >= 11 is 0. The predicted octanol–water partition coefficient (Wildman–Crippen LogP) is 9.17. The van der Waals surface area contributed by atoms with Gasteiger partial charge in [0.2, 0.25) is 0 Å². The van der Waals surface area contributed by atoms with Gasteiger partial charge in [-0.05, 0) is 135 Å². The van der Waals surface area contributed by atoms with E-state index >= 15 is 0 Å². The summed E-state index contributed by atoms with van der Waals surface area (Å²) in [5.74, 6) is -3.22. The molecule has 0 aromatic carbocycles. The molecule has 14 heteroatoms. The monoisotopic (exact) mass is 794 g/mol. The summed E-state index contributed by atoms with van der Waals surface area (Å²) in [6.07, 6.45) is 16.7. The Morgan fingerprint density at radius 1 is 0.552 bits per heavy atom. The largest absolute Gasteiger partial charge is 0.481 e. The van der Waals surface area contributed by atoms with Crippen molar-refractivity contribution in [3.63, 3.8) is 0 Å². The lowest BCUT2D eigenvalue weighted by atomic mass is 9.57. The topological polar surface area (TPSA) is 158 Å². The van der Waals surface area contributed by atoms with E-state index < -0.39 is 47.0 Å². The molecule has 0 radical (unpaired) electrons. The van der Waals surface area contributed by atoms with Gasteiger partial charge in [-0.1, -0.05) is 0 Å². The molecule has 6 aromatic rings. The number of fused-ring (bicyclic) bond motifs is 8. The number of halogens is 4. The molecule has 0 aliphatic heterocycles. The molecule has 0 unspecified atom stereocenters. The zero-order valence-corrected chi connectivity index (χ0v) is 31.5. The minimum absolute atomic E-state index is 0.0631. The van der Waals surface area contributed by atoms with Crippen molar-refractivity contribution in [3.8, 4) is 22.5 Å². The minimum atomic E-state index is -0.766. The Kier molecular flexibility index (Phi) is 9.97. The van der Waals surface area contributed by atoms with Gasteiger partial charge in [0.05, 0.1) is 48.0 Å². The number of aliphatic carboxylic acids is 2. The molecule has 6 saturated carbocycles. The average molecular weight is 795 g/mol. The maximum Gasteiger partial charge on any atom is 0.307 e. The number of hydrogen-bond acceptors (Lipinski definition) is 6. The number of carbonyl (C=O) groups is 2. The van der Waals surface area contributed by atoms with E-state index in [1.165, 1.54) is 24.5 Å². The lowest BCUT2D eigenvalue weighted by Crippen LogP contribution is -2.45. The Labute approximate surface area is 330 Å². The van der Waals surface area contributed by atoms with Gasteiger partial charge in [0.15, 0.2) is 0 Å². The summed E-state index contributed by atoms with van der Waals surface area (Å²) in [7, 11) is 0. The fraction of sp³-hybridized carbons (Fsp3) is 0.409. The Bertz CT molecular complexity index is 2350. The molecular weight excluding hydrogens is 753 g/mol. The van der Waals surface area contributed by atoms with Crippen LogP contribution in [0.3, 0.4) is 0 Å². The molecule has 0 saturated heterocycles. The second-order valence-electron chi connectivity index (χ2n) is 16.6. The maximum atomic E-state index is 14.6. The highest BCUT2D eigenvalue weighted by Crippen LogP contribution is 2.51. The van der Waals surface area contributed by atoms with E-state index in [4.69, 9.17) is 0 Å². The number of carboxylic acids is 2. The van der Waals surface area contributed by atoms with E-state index in [2.05, 4.69) is 29.9 Å². The van der Waals surface area contributed by atoms with Gasteiger partial charge in [-0.15, -0.1) is 0 Å². The quantitative estimate of drug-likeness (QED) is 0.111. The zero-order chi connectivity index (χ0) is 40.2. The number of pyridine rings is 4. The van der Waals surface area contributed by atoms with Gasteiger partial charge in [-0.2, -0.15) is 0 Å². The number of aromatic nitrogens is 6. The Hall–Kier alpha value is -5.66. The molecule has 6 aliphatic rings. The van der Waals surface area contributed by atoms with E-state index in [9.17, 15) is 37.4 Å². The van der Waals surface area contributed by atoms with Gasteiger partial charge in [0.1, 0.15) is 34.6 Å². The summed E-state index contributed by atoms with van der Waals surface area (Å²) in [6.45, 7) is 0. The van der Waals surface area contributed by atoms with Crippen molar-refractivity contribution >= 4 is 34.0 Å². The van der Waals surface area contributed by atoms with Crippen LogP contribution < -0.4 is 0 Å². The molecule has 4 atom stereocenters. The molecule has 12 rings (SSSR count). The molecule has 6 heterocycles. The highest BCUT2D eigenvalue weighted by atomic mass is 19.1. The van der Waals surface area contributed by atoms with Crippen molar-refractivity contribution in [2.24, 2.45) is 47.3 Å². The third-order valence-electron chi connectivity index (χ3n) is 13.7. The molecule has 4 N–H and O–H groups in total. The molecular formula is C44H42F4N6O4. The number of hydrogen-bond donors (Lipinski definition) is 4. The maximum absolute atomic E-state index is 14.6. The molecule has 10 nitrogen and oxygen atoms in total. The lowest BCUT2D eigenvalue weighted by molar-refractivity contribution is -0.153. The SMILES string of the molecule is O=C(O)[C@@H]1C2CCC(CC2)[C@H]1Cc1cc(-c2c[nH]c3ncc(F)cc23)ncc1F.O=C(O)[C@H]1C2CCC(CC2)[C@@H]1Cc1cc(-c2c[nH]c3ncc(F)cc23)ncc1F. The van der Waals surface area contributed by atoms with Gasteiger partial charge in [-0.25, -0.2) is 27.5 Å². The van der Waals surface area contributed by atoms with Crippen LogP contribution in [0.4, 0.5) is 17.6 Å². The molecule has 6 fully saturated rings. The second-order valence-corrected chi connectivity index (χ2v) is 16.6. The standard InChI is InChI=1S/2C22H21F2N3O2/c2*23-14-7-16-17(9-27-21(16)26-8-14)19-6-13(18(24)10-25-19)5-15-11-1-3-12(4-2-11)20(15)22(28)29/h2*6-12,15,20H,1-5H2,(H,26,27)(H,28,29)/t2*11?,12?,15-,20-/m10/s1. The summed E-state index contributed by atoms with van der Waals surface area (Å²) in [5.41, 5.74) is 4.34. The lowest BCUT2D eigenvalue weighted by Gasteiger charge is -2.47. The molecule has 58 heavy (non-hydrogen) atoms. The van der Waals surface area contributed by atoms with Crippen molar-refractivity contribution < 1.29 is 37.4 Å². The summed E-state index contributed by atoms with van der Waals surface area (Å²) in [6, 6.07) is 6.09. The van der Waals surface area contributed by atoms with Crippen LogP contribution in [0.25, 0.3) is 44.6 Å². The van der Waals surface area contributed by atoms with E-state index in [0.717, 1.165) is 63.8 Å². The van der Waals surface area contributed by atoms with Crippen LogP contribution >= 0.6 is 0 Å². The van der Waals surface area contributed by atoms with Crippen molar-refractivity contribution in [1.29, 1.82) is 0 Å². The van der Waals surface area contributed by atoms with Crippen molar-refractivity contribution in [2.75, 3.05) is 0 Å². The molecule has 4 bridgehead atoms. The van der Waals surface area contributed by atoms with Crippen LogP contribution in [0, 0.1) is 70.6 Å². The smallest absolute Gasteiger partial charge is 0.307 e. The fourth-order valence-electron chi connectivity index (χ4n) is 11.0. The predicted molar refractivity (Wildman–Crippen MR) is 206 cm³/mol. The first-order valence-electron chi connectivity index (χ1n) is 20.0. The number of rotatable bonds is 8. The third kappa shape index (κ3) is 7.00.